The van der Waals surface area contributed by atoms with Crippen LogP contribution in [-0.4, -0.2) is 13.2 Å². The molecule has 0 spiro atoms. The summed E-state index contributed by atoms with van der Waals surface area (Å²) in [4.78, 5) is 0. The zero-order valence-electron chi connectivity index (χ0n) is 11.4. The third kappa shape index (κ3) is 1.82. The molecule has 1 heterocycles. The summed E-state index contributed by atoms with van der Waals surface area (Å²) in [7, 11) is 1.68. The van der Waals surface area contributed by atoms with Crippen LogP contribution in [-0.2, 0) is 11.2 Å². The average molecular weight is 267 g/mol. The number of fused-ring (bicyclic) bond motifs is 3. The van der Waals surface area contributed by atoms with Crippen molar-refractivity contribution in [2.24, 2.45) is 0 Å². The molecule has 3 heteroatoms. The summed E-state index contributed by atoms with van der Waals surface area (Å²) in [5.74, 6) is 0.872. The summed E-state index contributed by atoms with van der Waals surface area (Å²) in [5, 5.41) is 3.60. The minimum Gasteiger partial charge on any atom is -0.497 e. The highest BCUT2D eigenvalue weighted by molar-refractivity contribution is 5.38. The Morgan fingerprint density at radius 2 is 1.90 bits per heavy atom. The Morgan fingerprint density at radius 1 is 1.10 bits per heavy atom. The molecule has 0 saturated carbocycles. The molecule has 2 aromatic rings. The summed E-state index contributed by atoms with van der Waals surface area (Å²) in [6.45, 7) is 0. The monoisotopic (exact) mass is 267 g/mol. The second-order valence-electron chi connectivity index (χ2n) is 5.38. The Morgan fingerprint density at radius 3 is 2.70 bits per heavy atom. The van der Waals surface area contributed by atoms with E-state index in [2.05, 4.69) is 41.7 Å². The molecule has 1 fully saturated rings. The van der Waals surface area contributed by atoms with Crippen LogP contribution in [0.5, 0.6) is 5.75 Å². The van der Waals surface area contributed by atoms with Crippen molar-refractivity contribution in [1.82, 2.24) is 5.32 Å². The van der Waals surface area contributed by atoms with Gasteiger partial charge in [-0.05, 0) is 28.8 Å². The highest BCUT2D eigenvalue weighted by Crippen LogP contribution is 2.41. The van der Waals surface area contributed by atoms with Gasteiger partial charge in [-0.25, -0.2) is 0 Å². The minimum atomic E-state index is -0.0238. The van der Waals surface area contributed by atoms with E-state index in [9.17, 15) is 0 Å². The van der Waals surface area contributed by atoms with Gasteiger partial charge in [-0.15, -0.1) is 0 Å². The van der Waals surface area contributed by atoms with Gasteiger partial charge in [0.05, 0.1) is 19.3 Å². The molecule has 0 radical (unpaired) electrons. The van der Waals surface area contributed by atoms with Gasteiger partial charge in [-0.1, -0.05) is 36.4 Å². The third-order valence-corrected chi connectivity index (χ3v) is 4.24. The van der Waals surface area contributed by atoms with Crippen LogP contribution in [0, 0.1) is 0 Å². The Bertz CT molecular complexity index is 623. The van der Waals surface area contributed by atoms with Crippen LogP contribution in [0.1, 0.15) is 29.0 Å². The molecule has 2 aromatic carbocycles. The second-order valence-corrected chi connectivity index (χ2v) is 5.38. The normalized spacial score (nSPS) is 27.1. The van der Waals surface area contributed by atoms with Crippen molar-refractivity contribution in [3.05, 3.63) is 65.2 Å². The van der Waals surface area contributed by atoms with Crippen LogP contribution in [0.2, 0.25) is 0 Å². The van der Waals surface area contributed by atoms with E-state index in [1.165, 1.54) is 11.1 Å². The molecule has 1 saturated heterocycles. The van der Waals surface area contributed by atoms with Crippen molar-refractivity contribution in [1.29, 1.82) is 0 Å². The predicted octanol–water partition coefficient (Wildman–Crippen LogP) is 2.98. The summed E-state index contributed by atoms with van der Waals surface area (Å²) < 4.78 is 11.4. The summed E-state index contributed by atoms with van der Waals surface area (Å²) in [6, 6.07) is 17.0. The van der Waals surface area contributed by atoms with Crippen LogP contribution in [0.15, 0.2) is 48.5 Å². The highest BCUT2D eigenvalue weighted by Gasteiger charge is 2.41. The average Bonchev–Trinajstić information content (AvgIpc) is 3.05. The molecule has 0 bridgehead atoms. The number of hydrogen-bond acceptors (Lipinski definition) is 3. The Labute approximate surface area is 118 Å². The fourth-order valence-electron chi connectivity index (χ4n) is 3.21. The van der Waals surface area contributed by atoms with E-state index >= 15 is 0 Å². The number of ether oxygens (including phenoxy) is 2. The fraction of sp³-hybridized carbons (Fsp3) is 0.294. The topological polar surface area (TPSA) is 30.5 Å². The van der Waals surface area contributed by atoms with Gasteiger partial charge >= 0.3 is 0 Å². The first-order chi connectivity index (χ1) is 9.85. The first kappa shape index (κ1) is 11.9. The van der Waals surface area contributed by atoms with Crippen LogP contribution in [0.25, 0.3) is 0 Å². The first-order valence-electron chi connectivity index (χ1n) is 6.98. The molecule has 1 aliphatic heterocycles. The predicted molar refractivity (Wildman–Crippen MR) is 76.6 cm³/mol. The second kappa shape index (κ2) is 4.62. The quantitative estimate of drug-likeness (QED) is 0.907. The van der Waals surface area contributed by atoms with E-state index in [1.807, 2.05) is 12.1 Å². The van der Waals surface area contributed by atoms with E-state index in [-0.39, 0.29) is 12.3 Å². The van der Waals surface area contributed by atoms with Crippen LogP contribution in [0.4, 0.5) is 0 Å². The molecule has 3 nitrogen and oxygen atoms in total. The minimum absolute atomic E-state index is 0.0238. The Kier molecular flexibility index (Phi) is 2.76. The first-order valence-corrected chi connectivity index (χ1v) is 6.98. The van der Waals surface area contributed by atoms with E-state index in [0.717, 1.165) is 17.7 Å². The lowest BCUT2D eigenvalue weighted by Crippen LogP contribution is -2.19. The Balaban J connectivity index is 1.57. The van der Waals surface area contributed by atoms with Gasteiger partial charge in [0, 0.05) is 6.42 Å². The van der Waals surface area contributed by atoms with Gasteiger partial charge < -0.3 is 9.47 Å². The van der Waals surface area contributed by atoms with Gasteiger partial charge in [0.2, 0.25) is 0 Å². The zero-order valence-corrected chi connectivity index (χ0v) is 11.4. The summed E-state index contributed by atoms with van der Waals surface area (Å²) >= 11 is 0. The molecular formula is C17H17NO2. The molecule has 2 aliphatic rings. The summed E-state index contributed by atoms with van der Waals surface area (Å²) in [6.07, 6.45) is 1.23. The number of rotatable bonds is 2. The number of nitrogens with one attached hydrogen (secondary N) is 1. The molecule has 102 valence electrons. The number of hydrogen-bond donors (Lipinski definition) is 1. The molecule has 0 amide bonds. The molecule has 1 N–H and O–H groups in total. The van der Waals surface area contributed by atoms with Crippen molar-refractivity contribution in [3.63, 3.8) is 0 Å². The smallest absolute Gasteiger partial charge is 0.135 e. The largest absolute Gasteiger partial charge is 0.497 e. The lowest BCUT2D eigenvalue weighted by molar-refractivity contribution is 0.0400. The summed E-state index contributed by atoms with van der Waals surface area (Å²) in [5.41, 5.74) is 3.94. The van der Waals surface area contributed by atoms with Crippen molar-refractivity contribution in [2.75, 3.05) is 7.11 Å². The molecule has 4 rings (SSSR count). The lowest BCUT2D eigenvalue weighted by Gasteiger charge is -2.14. The molecule has 1 unspecified atom stereocenters. The molecule has 0 aromatic heterocycles. The maximum absolute atomic E-state index is 6.18. The Hall–Kier alpha value is -1.84. The van der Waals surface area contributed by atoms with Crippen LogP contribution in [0.3, 0.4) is 0 Å². The maximum atomic E-state index is 6.18. The van der Waals surface area contributed by atoms with E-state index in [4.69, 9.17) is 9.47 Å². The highest BCUT2D eigenvalue weighted by atomic mass is 16.5. The lowest BCUT2D eigenvalue weighted by atomic mass is 10.1. The van der Waals surface area contributed by atoms with Crippen LogP contribution < -0.4 is 10.1 Å². The zero-order chi connectivity index (χ0) is 13.5. The molecular weight excluding hydrogens is 250 g/mol. The van der Waals surface area contributed by atoms with Crippen LogP contribution >= 0.6 is 0 Å². The fourth-order valence-corrected chi connectivity index (χ4v) is 3.21. The third-order valence-electron chi connectivity index (χ3n) is 4.24. The molecule has 3 atom stereocenters. The van der Waals surface area contributed by atoms with Crippen molar-refractivity contribution < 1.29 is 9.47 Å². The molecule has 1 aliphatic carbocycles. The maximum Gasteiger partial charge on any atom is 0.135 e. The van der Waals surface area contributed by atoms with E-state index < -0.39 is 0 Å². The van der Waals surface area contributed by atoms with Gasteiger partial charge in [0.15, 0.2) is 0 Å². The number of benzene rings is 2. The van der Waals surface area contributed by atoms with Crippen molar-refractivity contribution in [3.8, 4) is 5.75 Å². The molecule has 20 heavy (non-hydrogen) atoms. The van der Waals surface area contributed by atoms with Gasteiger partial charge in [0.1, 0.15) is 12.0 Å². The van der Waals surface area contributed by atoms with Gasteiger partial charge in [-0.2, -0.15) is 0 Å². The van der Waals surface area contributed by atoms with E-state index in [1.54, 1.807) is 7.11 Å². The van der Waals surface area contributed by atoms with E-state index in [0.29, 0.717) is 6.04 Å². The standard InChI is InChI=1S/C17H17NO2/c1-19-13-8-6-11(7-9-13)17-18-16-14-5-3-2-4-12(14)10-15(16)20-17/h2-9,15-18H,10H2,1H3/t15-,16+,17?/m0/s1. The van der Waals surface area contributed by atoms with Crippen molar-refractivity contribution >= 4 is 0 Å². The SMILES string of the molecule is COc1ccc(C2N[C@@H]3c4ccccc4C[C@@H]3O2)cc1. The van der Waals surface area contributed by atoms with Gasteiger partial charge in [0.25, 0.3) is 0 Å². The van der Waals surface area contributed by atoms with Crippen molar-refractivity contribution in [2.45, 2.75) is 24.8 Å². The number of methoxy groups -OCH3 is 1. The van der Waals surface area contributed by atoms with Gasteiger partial charge in [-0.3, -0.25) is 5.32 Å².